The Morgan fingerprint density at radius 3 is 2.00 bits per heavy atom. The summed E-state index contributed by atoms with van der Waals surface area (Å²) >= 11 is 0. The predicted molar refractivity (Wildman–Crippen MR) is 89.3 cm³/mol. The van der Waals surface area contributed by atoms with Gasteiger partial charge >= 0.3 is 0 Å². The van der Waals surface area contributed by atoms with Crippen molar-refractivity contribution >= 4 is 5.91 Å². The summed E-state index contributed by atoms with van der Waals surface area (Å²) in [4.78, 5) is 14.6. The largest absolute Gasteiger partial charge is 0.493 e. The Labute approximate surface area is 138 Å². The number of methoxy groups -OCH3 is 3. The van der Waals surface area contributed by atoms with Gasteiger partial charge in [0.05, 0.1) is 27.8 Å². The van der Waals surface area contributed by atoms with Crippen molar-refractivity contribution in [3.8, 4) is 17.2 Å². The van der Waals surface area contributed by atoms with E-state index in [4.69, 9.17) is 14.2 Å². The molecule has 1 aliphatic rings. The van der Waals surface area contributed by atoms with Crippen molar-refractivity contribution < 1.29 is 19.0 Å². The van der Waals surface area contributed by atoms with E-state index in [1.54, 1.807) is 21.3 Å². The zero-order valence-corrected chi connectivity index (χ0v) is 14.7. The predicted octanol–water partition coefficient (Wildman–Crippen LogP) is 2.76. The van der Waals surface area contributed by atoms with Crippen molar-refractivity contribution in [1.82, 2.24) is 4.90 Å². The molecule has 1 heterocycles. The zero-order chi connectivity index (χ0) is 17.0. The van der Waals surface area contributed by atoms with Crippen LogP contribution in [0.2, 0.25) is 0 Å². The van der Waals surface area contributed by atoms with Gasteiger partial charge in [-0.1, -0.05) is 13.8 Å². The lowest BCUT2D eigenvalue weighted by Gasteiger charge is -2.35. The van der Waals surface area contributed by atoms with Gasteiger partial charge in [-0.2, -0.15) is 0 Å². The molecule has 0 bridgehead atoms. The molecule has 2 atom stereocenters. The highest BCUT2D eigenvalue weighted by Gasteiger charge is 2.26. The maximum Gasteiger partial charge on any atom is 0.227 e. The molecule has 1 saturated heterocycles. The number of carbonyl (C=O) groups is 1. The monoisotopic (exact) mass is 321 g/mol. The van der Waals surface area contributed by atoms with Gasteiger partial charge in [0, 0.05) is 13.1 Å². The highest BCUT2D eigenvalue weighted by Crippen LogP contribution is 2.38. The average Bonchev–Trinajstić information content (AvgIpc) is 2.52. The molecule has 1 amide bonds. The van der Waals surface area contributed by atoms with E-state index in [0.717, 1.165) is 18.7 Å². The fourth-order valence-corrected chi connectivity index (χ4v) is 3.39. The quantitative estimate of drug-likeness (QED) is 0.837. The van der Waals surface area contributed by atoms with Gasteiger partial charge in [-0.05, 0) is 36.0 Å². The van der Waals surface area contributed by atoms with Crippen LogP contribution >= 0.6 is 0 Å². The van der Waals surface area contributed by atoms with E-state index in [9.17, 15) is 4.79 Å². The summed E-state index contributed by atoms with van der Waals surface area (Å²) in [6, 6.07) is 3.69. The molecular weight excluding hydrogens is 294 g/mol. The number of amides is 1. The second-order valence-corrected chi connectivity index (χ2v) is 6.46. The molecule has 0 N–H and O–H groups in total. The number of ether oxygens (including phenoxy) is 3. The lowest BCUT2D eigenvalue weighted by molar-refractivity contribution is -0.133. The summed E-state index contributed by atoms with van der Waals surface area (Å²) in [6.07, 6.45) is 1.53. The normalized spacial score (nSPS) is 21.0. The Kier molecular flexibility index (Phi) is 5.74. The van der Waals surface area contributed by atoms with Crippen molar-refractivity contribution in [3.63, 3.8) is 0 Å². The van der Waals surface area contributed by atoms with Gasteiger partial charge in [-0.15, -0.1) is 0 Å². The van der Waals surface area contributed by atoms with Crippen molar-refractivity contribution in [2.45, 2.75) is 26.7 Å². The Balaban J connectivity index is 2.17. The average molecular weight is 321 g/mol. The fourth-order valence-electron chi connectivity index (χ4n) is 3.39. The van der Waals surface area contributed by atoms with Gasteiger partial charge in [-0.3, -0.25) is 4.79 Å². The molecule has 1 aromatic rings. The highest BCUT2D eigenvalue weighted by atomic mass is 16.5. The number of hydrogen-bond acceptors (Lipinski definition) is 4. The Hall–Kier alpha value is -1.91. The van der Waals surface area contributed by atoms with Gasteiger partial charge in [0.2, 0.25) is 11.7 Å². The topological polar surface area (TPSA) is 48.0 Å². The first-order valence-electron chi connectivity index (χ1n) is 8.05. The summed E-state index contributed by atoms with van der Waals surface area (Å²) in [5.41, 5.74) is 0.871. The van der Waals surface area contributed by atoms with E-state index in [-0.39, 0.29) is 5.91 Å². The molecule has 5 nitrogen and oxygen atoms in total. The molecule has 1 aromatic carbocycles. The van der Waals surface area contributed by atoms with Crippen molar-refractivity contribution in [3.05, 3.63) is 17.7 Å². The Morgan fingerprint density at radius 2 is 1.57 bits per heavy atom. The summed E-state index contributed by atoms with van der Waals surface area (Å²) in [6.45, 7) is 6.09. The molecule has 23 heavy (non-hydrogen) atoms. The molecule has 0 saturated carbocycles. The Morgan fingerprint density at radius 1 is 1.04 bits per heavy atom. The van der Waals surface area contributed by atoms with Crippen LogP contribution in [-0.2, 0) is 11.2 Å². The first-order valence-corrected chi connectivity index (χ1v) is 8.05. The van der Waals surface area contributed by atoms with Gasteiger partial charge in [-0.25, -0.2) is 0 Å². The van der Waals surface area contributed by atoms with E-state index in [1.807, 2.05) is 17.0 Å². The van der Waals surface area contributed by atoms with Crippen molar-refractivity contribution in [1.29, 1.82) is 0 Å². The fraction of sp³-hybridized carbons (Fsp3) is 0.611. The first-order chi connectivity index (χ1) is 11.0. The zero-order valence-electron chi connectivity index (χ0n) is 14.7. The lowest BCUT2D eigenvalue weighted by Crippen LogP contribution is -2.43. The first kappa shape index (κ1) is 17.4. The molecule has 2 unspecified atom stereocenters. The van der Waals surface area contributed by atoms with E-state index in [1.165, 1.54) is 6.42 Å². The SMILES string of the molecule is COc1cc(CC(=O)N2CC(C)CC(C)C2)cc(OC)c1OC. The van der Waals surface area contributed by atoms with Crippen LogP contribution in [0.3, 0.4) is 0 Å². The van der Waals surface area contributed by atoms with Crippen LogP contribution in [0.25, 0.3) is 0 Å². The Bertz CT molecular complexity index is 523. The molecule has 128 valence electrons. The lowest BCUT2D eigenvalue weighted by atomic mass is 9.91. The van der Waals surface area contributed by atoms with Crippen molar-refractivity contribution in [2.24, 2.45) is 11.8 Å². The van der Waals surface area contributed by atoms with Gasteiger partial charge in [0.1, 0.15) is 0 Å². The number of likely N-dealkylation sites (tertiary alicyclic amines) is 1. The number of benzene rings is 1. The molecule has 0 radical (unpaired) electrons. The summed E-state index contributed by atoms with van der Waals surface area (Å²) in [7, 11) is 4.73. The third-order valence-corrected chi connectivity index (χ3v) is 4.30. The van der Waals surface area contributed by atoms with Gasteiger partial charge in [0.15, 0.2) is 11.5 Å². The minimum absolute atomic E-state index is 0.151. The molecule has 0 spiro atoms. The van der Waals surface area contributed by atoms with Gasteiger partial charge in [0.25, 0.3) is 0 Å². The van der Waals surface area contributed by atoms with Gasteiger partial charge < -0.3 is 19.1 Å². The third-order valence-electron chi connectivity index (χ3n) is 4.30. The second-order valence-electron chi connectivity index (χ2n) is 6.46. The summed E-state index contributed by atoms with van der Waals surface area (Å²) < 4.78 is 16.0. The molecule has 5 heteroatoms. The number of carbonyl (C=O) groups excluding carboxylic acids is 1. The summed E-state index contributed by atoms with van der Waals surface area (Å²) in [5.74, 6) is 2.97. The van der Waals surface area contributed by atoms with E-state index >= 15 is 0 Å². The van der Waals surface area contributed by atoms with Crippen LogP contribution in [-0.4, -0.2) is 45.2 Å². The van der Waals surface area contributed by atoms with Crippen LogP contribution in [0.15, 0.2) is 12.1 Å². The number of nitrogens with zero attached hydrogens (tertiary/aromatic N) is 1. The number of piperidine rings is 1. The molecule has 1 aliphatic heterocycles. The van der Waals surface area contributed by atoms with Crippen LogP contribution in [0.4, 0.5) is 0 Å². The minimum atomic E-state index is 0.151. The van der Waals surface area contributed by atoms with Crippen LogP contribution in [0, 0.1) is 11.8 Å². The third kappa shape index (κ3) is 4.09. The number of hydrogen-bond donors (Lipinski definition) is 0. The van der Waals surface area contributed by atoms with Crippen LogP contribution < -0.4 is 14.2 Å². The van der Waals surface area contributed by atoms with E-state index in [0.29, 0.717) is 35.5 Å². The van der Waals surface area contributed by atoms with Crippen molar-refractivity contribution in [2.75, 3.05) is 34.4 Å². The standard InChI is InChI=1S/C18H27NO4/c1-12-6-13(2)11-19(10-12)17(20)9-14-7-15(21-3)18(23-5)16(8-14)22-4/h7-8,12-13H,6,9-11H2,1-5H3. The molecule has 0 aromatic heterocycles. The van der Waals surface area contributed by atoms with Crippen LogP contribution in [0.1, 0.15) is 25.8 Å². The maximum absolute atomic E-state index is 12.6. The smallest absolute Gasteiger partial charge is 0.227 e. The molecule has 0 aliphatic carbocycles. The van der Waals surface area contributed by atoms with E-state index in [2.05, 4.69) is 13.8 Å². The summed E-state index contributed by atoms with van der Waals surface area (Å²) in [5, 5.41) is 0. The van der Waals surface area contributed by atoms with Crippen LogP contribution in [0.5, 0.6) is 17.2 Å². The number of rotatable bonds is 5. The molecule has 1 fully saturated rings. The van der Waals surface area contributed by atoms with E-state index < -0.39 is 0 Å². The highest BCUT2D eigenvalue weighted by molar-refractivity contribution is 5.79. The molecular formula is C18H27NO4. The molecule has 2 rings (SSSR count). The minimum Gasteiger partial charge on any atom is -0.493 e. The maximum atomic E-state index is 12.6. The second kappa shape index (κ2) is 7.57.